The molecule has 0 saturated carbocycles. The van der Waals surface area contributed by atoms with Crippen molar-refractivity contribution in [1.29, 1.82) is 0 Å². The summed E-state index contributed by atoms with van der Waals surface area (Å²) in [4.78, 5) is 13.5. The first-order valence-electron chi connectivity index (χ1n) is 6.43. The van der Waals surface area contributed by atoms with Gasteiger partial charge in [-0.1, -0.05) is 0 Å². The summed E-state index contributed by atoms with van der Waals surface area (Å²) in [6.45, 7) is 5.78. The van der Waals surface area contributed by atoms with Crippen LogP contribution in [0.4, 0.5) is 16.2 Å². The SMILES string of the molecule is COC(=O)Nc1ccc(N2C(C)COCC2C)cc1. The van der Waals surface area contributed by atoms with E-state index in [1.165, 1.54) is 7.11 Å². The molecule has 0 spiro atoms. The number of carbonyl (C=O) groups excluding carboxylic acids is 1. The zero-order chi connectivity index (χ0) is 13.8. The van der Waals surface area contributed by atoms with Gasteiger partial charge in [0.1, 0.15) is 0 Å². The van der Waals surface area contributed by atoms with Gasteiger partial charge in [-0.25, -0.2) is 4.79 Å². The van der Waals surface area contributed by atoms with Crippen LogP contribution in [0.5, 0.6) is 0 Å². The Bertz CT molecular complexity index is 423. The topological polar surface area (TPSA) is 50.8 Å². The molecule has 0 bridgehead atoms. The first-order chi connectivity index (χ1) is 9.11. The zero-order valence-electron chi connectivity index (χ0n) is 11.6. The molecule has 5 nitrogen and oxygen atoms in total. The average Bonchev–Trinajstić information content (AvgIpc) is 2.40. The third-order valence-electron chi connectivity index (χ3n) is 3.27. The Kier molecular flexibility index (Phi) is 4.27. The molecule has 1 fully saturated rings. The van der Waals surface area contributed by atoms with Crippen LogP contribution in [0.2, 0.25) is 0 Å². The summed E-state index contributed by atoms with van der Waals surface area (Å²) in [6, 6.07) is 8.46. The van der Waals surface area contributed by atoms with E-state index in [-0.39, 0.29) is 0 Å². The van der Waals surface area contributed by atoms with Gasteiger partial charge in [0, 0.05) is 23.5 Å². The highest BCUT2D eigenvalue weighted by molar-refractivity contribution is 5.84. The molecule has 104 valence electrons. The maximum Gasteiger partial charge on any atom is 0.411 e. The van der Waals surface area contributed by atoms with Gasteiger partial charge in [-0.2, -0.15) is 0 Å². The number of rotatable bonds is 2. The smallest absolute Gasteiger partial charge is 0.411 e. The molecule has 5 heteroatoms. The van der Waals surface area contributed by atoms with Gasteiger partial charge in [-0.15, -0.1) is 0 Å². The predicted molar refractivity (Wildman–Crippen MR) is 74.7 cm³/mol. The number of morpholine rings is 1. The number of nitrogens with zero attached hydrogens (tertiary/aromatic N) is 1. The number of carbonyl (C=O) groups is 1. The van der Waals surface area contributed by atoms with E-state index in [0.29, 0.717) is 12.1 Å². The molecule has 2 unspecified atom stereocenters. The van der Waals surface area contributed by atoms with E-state index in [1.54, 1.807) is 0 Å². The van der Waals surface area contributed by atoms with E-state index in [2.05, 4.69) is 28.8 Å². The number of hydrogen-bond donors (Lipinski definition) is 1. The van der Waals surface area contributed by atoms with Crippen molar-refractivity contribution in [2.24, 2.45) is 0 Å². The molecule has 2 atom stereocenters. The Balaban J connectivity index is 2.10. The van der Waals surface area contributed by atoms with Crippen molar-refractivity contribution >= 4 is 17.5 Å². The van der Waals surface area contributed by atoms with E-state index in [1.807, 2.05) is 24.3 Å². The lowest BCUT2D eigenvalue weighted by atomic mass is 10.1. The maximum atomic E-state index is 11.1. The van der Waals surface area contributed by atoms with Crippen LogP contribution < -0.4 is 10.2 Å². The van der Waals surface area contributed by atoms with Gasteiger partial charge < -0.3 is 14.4 Å². The van der Waals surface area contributed by atoms with Crippen LogP contribution in [0.15, 0.2) is 24.3 Å². The van der Waals surface area contributed by atoms with Crippen LogP contribution >= 0.6 is 0 Å². The fourth-order valence-corrected chi connectivity index (χ4v) is 2.40. The van der Waals surface area contributed by atoms with Crippen molar-refractivity contribution in [2.45, 2.75) is 25.9 Å². The van der Waals surface area contributed by atoms with Crippen LogP contribution in [0.3, 0.4) is 0 Å². The maximum absolute atomic E-state index is 11.1. The number of ether oxygens (including phenoxy) is 2. The number of anilines is 2. The lowest BCUT2D eigenvalue weighted by molar-refractivity contribution is 0.0757. The summed E-state index contributed by atoms with van der Waals surface area (Å²) in [6.07, 6.45) is -0.458. The summed E-state index contributed by atoms with van der Waals surface area (Å²) >= 11 is 0. The zero-order valence-corrected chi connectivity index (χ0v) is 11.6. The highest BCUT2D eigenvalue weighted by Crippen LogP contribution is 2.25. The van der Waals surface area contributed by atoms with Gasteiger partial charge in [-0.3, -0.25) is 5.32 Å². The molecule has 1 aromatic rings. The highest BCUT2D eigenvalue weighted by atomic mass is 16.5. The first kappa shape index (κ1) is 13.7. The molecule has 1 aliphatic rings. The summed E-state index contributed by atoms with van der Waals surface area (Å²) in [7, 11) is 1.35. The Morgan fingerprint density at radius 3 is 2.37 bits per heavy atom. The molecular weight excluding hydrogens is 244 g/mol. The van der Waals surface area contributed by atoms with Crippen molar-refractivity contribution in [3.8, 4) is 0 Å². The van der Waals surface area contributed by atoms with Crippen molar-refractivity contribution in [2.75, 3.05) is 30.5 Å². The van der Waals surface area contributed by atoms with E-state index in [4.69, 9.17) is 4.74 Å². The number of amides is 1. The molecule has 1 aromatic carbocycles. The van der Waals surface area contributed by atoms with Crippen LogP contribution in [-0.2, 0) is 9.47 Å². The second kappa shape index (κ2) is 5.93. The standard InChI is InChI=1S/C14H20N2O3/c1-10-8-19-9-11(2)16(10)13-6-4-12(5-7-13)15-14(17)18-3/h4-7,10-11H,8-9H2,1-3H3,(H,15,17). The van der Waals surface area contributed by atoms with Crippen LogP contribution in [0, 0.1) is 0 Å². The molecule has 1 aliphatic heterocycles. The number of benzene rings is 1. The van der Waals surface area contributed by atoms with E-state index >= 15 is 0 Å². The van der Waals surface area contributed by atoms with Gasteiger partial charge in [0.15, 0.2) is 0 Å². The van der Waals surface area contributed by atoms with Crippen molar-refractivity contribution in [1.82, 2.24) is 0 Å². The third-order valence-corrected chi connectivity index (χ3v) is 3.27. The third kappa shape index (κ3) is 3.17. The average molecular weight is 264 g/mol. The second-order valence-corrected chi connectivity index (χ2v) is 4.81. The van der Waals surface area contributed by atoms with E-state index < -0.39 is 6.09 Å². The van der Waals surface area contributed by atoms with Crippen molar-refractivity contribution in [3.05, 3.63) is 24.3 Å². The van der Waals surface area contributed by atoms with Crippen molar-refractivity contribution in [3.63, 3.8) is 0 Å². The summed E-state index contributed by atoms with van der Waals surface area (Å²) < 4.78 is 10.1. The van der Waals surface area contributed by atoms with Crippen LogP contribution in [-0.4, -0.2) is 38.5 Å². The number of methoxy groups -OCH3 is 1. The lowest BCUT2D eigenvalue weighted by Gasteiger charge is -2.40. The molecule has 1 saturated heterocycles. The fraction of sp³-hybridized carbons (Fsp3) is 0.500. The normalized spacial score (nSPS) is 23.0. The first-order valence-corrected chi connectivity index (χ1v) is 6.43. The molecule has 0 aromatic heterocycles. The van der Waals surface area contributed by atoms with Crippen LogP contribution in [0.1, 0.15) is 13.8 Å². The summed E-state index contributed by atoms with van der Waals surface area (Å²) in [5.74, 6) is 0. The Morgan fingerprint density at radius 2 is 1.84 bits per heavy atom. The molecule has 0 radical (unpaired) electrons. The van der Waals surface area contributed by atoms with Gasteiger partial charge >= 0.3 is 6.09 Å². The van der Waals surface area contributed by atoms with Crippen LogP contribution in [0.25, 0.3) is 0 Å². The summed E-state index contributed by atoms with van der Waals surface area (Å²) in [5, 5.41) is 2.64. The van der Waals surface area contributed by atoms with Gasteiger partial charge in [-0.05, 0) is 38.1 Å². The van der Waals surface area contributed by atoms with Gasteiger partial charge in [0.25, 0.3) is 0 Å². The minimum atomic E-state index is -0.458. The molecule has 1 heterocycles. The van der Waals surface area contributed by atoms with E-state index in [9.17, 15) is 4.79 Å². The highest BCUT2D eigenvalue weighted by Gasteiger charge is 2.25. The molecule has 1 amide bonds. The quantitative estimate of drug-likeness (QED) is 0.891. The Labute approximate surface area is 113 Å². The molecule has 0 aliphatic carbocycles. The minimum Gasteiger partial charge on any atom is -0.453 e. The molecular formula is C14H20N2O3. The number of hydrogen-bond acceptors (Lipinski definition) is 4. The Morgan fingerprint density at radius 1 is 1.26 bits per heavy atom. The molecule has 19 heavy (non-hydrogen) atoms. The predicted octanol–water partition coefficient (Wildman–Crippen LogP) is 2.48. The van der Waals surface area contributed by atoms with E-state index in [0.717, 1.165) is 24.6 Å². The fourth-order valence-electron chi connectivity index (χ4n) is 2.40. The van der Waals surface area contributed by atoms with Gasteiger partial charge in [0.05, 0.1) is 20.3 Å². The molecule has 1 N–H and O–H groups in total. The second-order valence-electron chi connectivity index (χ2n) is 4.81. The Hall–Kier alpha value is -1.75. The number of nitrogens with one attached hydrogen (secondary N) is 1. The van der Waals surface area contributed by atoms with Crippen molar-refractivity contribution < 1.29 is 14.3 Å². The minimum absolute atomic E-state index is 0.350. The monoisotopic (exact) mass is 264 g/mol. The summed E-state index contributed by atoms with van der Waals surface area (Å²) in [5.41, 5.74) is 1.86. The lowest BCUT2D eigenvalue weighted by Crippen LogP contribution is -2.49. The van der Waals surface area contributed by atoms with Gasteiger partial charge in [0.2, 0.25) is 0 Å². The molecule has 2 rings (SSSR count). The largest absolute Gasteiger partial charge is 0.453 e.